The van der Waals surface area contributed by atoms with Crippen LogP contribution in [0.15, 0.2) is 18.2 Å². The van der Waals surface area contributed by atoms with Gasteiger partial charge in [-0.05, 0) is 48.8 Å². The molecule has 98 valence electrons. The summed E-state index contributed by atoms with van der Waals surface area (Å²) in [7, 11) is 0. The Morgan fingerprint density at radius 1 is 1.28 bits per heavy atom. The van der Waals surface area contributed by atoms with Gasteiger partial charge >= 0.3 is 0 Å². The minimum absolute atomic E-state index is 0.205. The minimum atomic E-state index is 0.205. The van der Waals surface area contributed by atoms with Crippen molar-refractivity contribution in [3.8, 4) is 0 Å². The number of benzene rings is 1. The molecule has 1 unspecified atom stereocenters. The van der Waals surface area contributed by atoms with Crippen LogP contribution in [0.4, 0.5) is 0 Å². The lowest BCUT2D eigenvalue weighted by molar-refractivity contribution is -0.124. The summed E-state index contributed by atoms with van der Waals surface area (Å²) < 4.78 is 0. The van der Waals surface area contributed by atoms with Gasteiger partial charge in [0.1, 0.15) is 5.78 Å². The van der Waals surface area contributed by atoms with Gasteiger partial charge in [-0.3, -0.25) is 4.79 Å². The van der Waals surface area contributed by atoms with E-state index in [0.29, 0.717) is 12.2 Å². The van der Waals surface area contributed by atoms with E-state index in [9.17, 15) is 4.79 Å². The fourth-order valence-corrected chi connectivity index (χ4v) is 3.16. The molecule has 0 aliphatic heterocycles. The Morgan fingerprint density at radius 2 is 2.00 bits per heavy atom. The molecule has 1 aliphatic rings. The number of aryl methyl sites for hydroxylation is 2. The predicted octanol–water partition coefficient (Wildman–Crippen LogP) is 4.24. The highest BCUT2D eigenvalue weighted by Gasteiger charge is 2.38. The normalized spacial score (nSPS) is 22.1. The van der Waals surface area contributed by atoms with Gasteiger partial charge in [-0.1, -0.05) is 38.5 Å². The first kappa shape index (κ1) is 13.3. The van der Waals surface area contributed by atoms with Crippen molar-refractivity contribution in [1.82, 2.24) is 0 Å². The highest BCUT2D eigenvalue weighted by atomic mass is 16.1. The molecule has 0 bridgehead atoms. The van der Waals surface area contributed by atoms with Gasteiger partial charge in [0.05, 0.1) is 0 Å². The molecule has 1 aromatic carbocycles. The molecule has 0 amide bonds. The number of rotatable bonds is 3. The maximum Gasteiger partial charge on any atom is 0.140 e. The van der Waals surface area contributed by atoms with Crippen molar-refractivity contribution in [2.24, 2.45) is 11.3 Å². The lowest BCUT2D eigenvalue weighted by atomic mass is 9.78. The molecular formula is C17H24O. The first-order valence-corrected chi connectivity index (χ1v) is 6.99. The van der Waals surface area contributed by atoms with Crippen molar-refractivity contribution in [2.45, 2.75) is 53.4 Å². The summed E-state index contributed by atoms with van der Waals surface area (Å²) in [5.74, 6) is 0.694. The fourth-order valence-electron chi connectivity index (χ4n) is 3.16. The summed E-state index contributed by atoms with van der Waals surface area (Å²) in [4.78, 5) is 12.4. The molecule has 1 nitrogen and oxygen atoms in total. The van der Waals surface area contributed by atoms with Crippen molar-refractivity contribution in [3.63, 3.8) is 0 Å². The highest BCUT2D eigenvalue weighted by Crippen LogP contribution is 2.43. The third-order valence-electron chi connectivity index (χ3n) is 4.60. The Bertz CT molecular complexity index is 457. The monoisotopic (exact) mass is 244 g/mol. The number of Topliss-reactive ketones (excluding diaryl/α,β-unsaturated/α-hetero) is 1. The largest absolute Gasteiger partial charge is 0.299 e. The van der Waals surface area contributed by atoms with Crippen molar-refractivity contribution in [2.75, 3.05) is 0 Å². The quantitative estimate of drug-likeness (QED) is 0.777. The second-order valence-corrected chi connectivity index (χ2v) is 6.50. The summed E-state index contributed by atoms with van der Waals surface area (Å²) in [6.45, 7) is 8.70. The van der Waals surface area contributed by atoms with Crippen LogP contribution in [0.25, 0.3) is 0 Å². The minimum Gasteiger partial charge on any atom is -0.299 e. The summed E-state index contributed by atoms with van der Waals surface area (Å²) in [6, 6.07) is 6.38. The van der Waals surface area contributed by atoms with Crippen molar-refractivity contribution < 1.29 is 4.79 Å². The zero-order valence-electron chi connectivity index (χ0n) is 12.0. The van der Waals surface area contributed by atoms with E-state index < -0.39 is 0 Å². The topological polar surface area (TPSA) is 17.1 Å². The third-order valence-corrected chi connectivity index (χ3v) is 4.60. The fraction of sp³-hybridized carbons (Fsp3) is 0.588. The first-order chi connectivity index (χ1) is 8.40. The number of hydrogen-bond acceptors (Lipinski definition) is 1. The lowest BCUT2D eigenvalue weighted by Gasteiger charge is -2.25. The number of hydrogen-bond donors (Lipinski definition) is 0. The van der Waals surface area contributed by atoms with E-state index in [-0.39, 0.29) is 11.3 Å². The zero-order chi connectivity index (χ0) is 13.3. The average molecular weight is 244 g/mol. The van der Waals surface area contributed by atoms with Crippen LogP contribution in [0.5, 0.6) is 0 Å². The summed E-state index contributed by atoms with van der Waals surface area (Å²) in [5.41, 5.74) is 3.96. The van der Waals surface area contributed by atoms with E-state index in [2.05, 4.69) is 45.9 Å². The molecule has 1 heteroatoms. The molecule has 1 saturated carbocycles. The van der Waals surface area contributed by atoms with Crippen LogP contribution in [0, 0.1) is 25.2 Å². The Labute approximate surface area is 111 Å². The van der Waals surface area contributed by atoms with E-state index in [1.807, 2.05) is 0 Å². The van der Waals surface area contributed by atoms with Crippen molar-refractivity contribution in [1.29, 1.82) is 0 Å². The van der Waals surface area contributed by atoms with Gasteiger partial charge in [0.2, 0.25) is 0 Å². The molecule has 1 aromatic rings. The van der Waals surface area contributed by atoms with Gasteiger partial charge in [0.15, 0.2) is 0 Å². The first-order valence-electron chi connectivity index (χ1n) is 6.99. The summed E-state index contributed by atoms with van der Waals surface area (Å²) >= 11 is 0. The lowest BCUT2D eigenvalue weighted by Crippen LogP contribution is -2.27. The SMILES string of the molecule is Cc1ccc(CC(=O)C2CCCC2(C)C)cc1C. The van der Waals surface area contributed by atoms with Gasteiger partial charge in [-0.25, -0.2) is 0 Å². The van der Waals surface area contributed by atoms with E-state index in [1.54, 1.807) is 0 Å². The molecule has 0 spiro atoms. The molecule has 0 heterocycles. The second kappa shape index (κ2) is 4.87. The van der Waals surface area contributed by atoms with Crippen LogP contribution < -0.4 is 0 Å². The van der Waals surface area contributed by atoms with Gasteiger partial charge in [0, 0.05) is 12.3 Å². The van der Waals surface area contributed by atoms with Crippen molar-refractivity contribution >= 4 is 5.78 Å². The Kier molecular flexibility index (Phi) is 3.61. The predicted molar refractivity (Wildman–Crippen MR) is 75.7 cm³/mol. The summed E-state index contributed by atoms with van der Waals surface area (Å²) in [6.07, 6.45) is 4.08. The van der Waals surface area contributed by atoms with Crippen LogP contribution in [0.2, 0.25) is 0 Å². The zero-order valence-corrected chi connectivity index (χ0v) is 12.0. The van der Waals surface area contributed by atoms with Crippen LogP contribution in [-0.2, 0) is 11.2 Å². The van der Waals surface area contributed by atoms with Gasteiger partial charge < -0.3 is 0 Å². The molecule has 1 aliphatic carbocycles. The number of carbonyl (C=O) groups is 1. The average Bonchev–Trinajstić information content (AvgIpc) is 2.63. The molecule has 1 atom stereocenters. The Balaban J connectivity index is 2.09. The molecular weight excluding hydrogens is 220 g/mol. The van der Waals surface area contributed by atoms with Gasteiger partial charge in [0.25, 0.3) is 0 Å². The molecule has 1 fully saturated rings. The molecule has 0 aromatic heterocycles. The number of ketones is 1. The van der Waals surface area contributed by atoms with Crippen LogP contribution in [-0.4, -0.2) is 5.78 Å². The van der Waals surface area contributed by atoms with Crippen LogP contribution >= 0.6 is 0 Å². The Hall–Kier alpha value is -1.11. The third kappa shape index (κ3) is 2.66. The molecule has 0 radical (unpaired) electrons. The smallest absolute Gasteiger partial charge is 0.140 e. The Morgan fingerprint density at radius 3 is 2.56 bits per heavy atom. The maximum absolute atomic E-state index is 12.4. The van der Waals surface area contributed by atoms with E-state index in [0.717, 1.165) is 6.42 Å². The molecule has 0 saturated heterocycles. The van der Waals surface area contributed by atoms with E-state index in [1.165, 1.54) is 29.5 Å². The molecule has 0 N–H and O–H groups in total. The van der Waals surface area contributed by atoms with Gasteiger partial charge in [-0.15, -0.1) is 0 Å². The summed E-state index contributed by atoms with van der Waals surface area (Å²) in [5, 5.41) is 0. The maximum atomic E-state index is 12.4. The van der Waals surface area contributed by atoms with Crippen molar-refractivity contribution in [3.05, 3.63) is 34.9 Å². The molecule has 18 heavy (non-hydrogen) atoms. The van der Waals surface area contributed by atoms with Crippen LogP contribution in [0.1, 0.15) is 49.8 Å². The number of carbonyl (C=O) groups excluding carboxylic acids is 1. The van der Waals surface area contributed by atoms with E-state index in [4.69, 9.17) is 0 Å². The van der Waals surface area contributed by atoms with Gasteiger partial charge in [-0.2, -0.15) is 0 Å². The molecule has 2 rings (SSSR count). The standard InChI is InChI=1S/C17H24O/c1-12-7-8-14(10-13(12)2)11-16(18)15-6-5-9-17(15,3)4/h7-8,10,15H,5-6,9,11H2,1-4H3. The highest BCUT2D eigenvalue weighted by molar-refractivity contribution is 5.84. The van der Waals surface area contributed by atoms with Crippen LogP contribution in [0.3, 0.4) is 0 Å². The van der Waals surface area contributed by atoms with E-state index >= 15 is 0 Å². The second-order valence-electron chi connectivity index (χ2n) is 6.50.